The molecule has 2 aliphatic rings. The van der Waals surface area contributed by atoms with Gasteiger partial charge in [-0.3, -0.25) is 19.4 Å². The van der Waals surface area contributed by atoms with E-state index in [4.69, 9.17) is 4.74 Å². The van der Waals surface area contributed by atoms with Gasteiger partial charge < -0.3 is 9.64 Å². The van der Waals surface area contributed by atoms with Crippen molar-refractivity contribution in [1.82, 2.24) is 14.7 Å². The lowest BCUT2D eigenvalue weighted by Crippen LogP contribution is -2.56. The van der Waals surface area contributed by atoms with Gasteiger partial charge in [-0.25, -0.2) is 4.79 Å². The third-order valence-electron chi connectivity index (χ3n) is 5.45. The molecule has 0 aliphatic carbocycles. The average Bonchev–Trinajstić information content (AvgIpc) is 2.89. The predicted molar refractivity (Wildman–Crippen MR) is 110 cm³/mol. The second-order valence-corrected chi connectivity index (χ2v) is 9.08. The molecule has 3 rings (SSSR count). The van der Waals surface area contributed by atoms with Crippen LogP contribution < -0.4 is 0 Å². The van der Waals surface area contributed by atoms with Crippen molar-refractivity contribution < 1.29 is 19.1 Å². The minimum Gasteiger partial charge on any atom is -0.444 e. The SMILES string of the molecule is CC(C)C(CN1C(=O)c2ccccc2C1=O)N1CCN(C(=O)OC(C)(C)C)CC1. The van der Waals surface area contributed by atoms with Gasteiger partial charge in [0.05, 0.1) is 11.1 Å². The van der Waals surface area contributed by atoms with Crippen LogP contribution in [0.3, 0.4) is 0 Å². The smallest absolute Gasteiger partial charge is 0.410 e. The topological polar surface area (TPSA) is 70.2 Å². The van der Waals surface area contributed by atoms with Crippen LogP contribution in [0.25, 0.3) is 0 Å². The number of hydrogen-bond donors (Lipinski definition) is 0. The molecule has 0 radical (unpaired) electrons. The lowest BCUT2D eigenvalue weighted by molar-refractivity contribution is 0.00552. The Hall–Kier alpha value is -2.41. The van der Waals surface area contributed by atoms with Crippen LogP contribution in [0.5, 0.6) is 0 Å². The van der Waals surface area contributed by atoms with Gasteiger partial charge in [0.15, 0.2) is 0 Å². The largest absolute Gasteiger partial charge is 0.444 e. The average molecular weight is 402 g/mol. The molecule has 0 saturated carbocycles. The van der Waals surface area contributed by atoms with Gasteiger partial charge >= 0.3 is 6.09 Å². The van der Waals surface area contributed by atoms with Crippen LogP contribution in [0.4, 0.5) is 4.79 Å². The normalized spacial score (nSPS) is 19.0. The summed E-state index contributed by atoms with van der Waals surface area (Å²) in [6.07, 6.45) is -0.293. The fourth-order valence-electron chi connectivity index (χ4n) is 3.90. The number of ether oxygens (including phenoxy) is 1. The number of carbonyl (C=O) groups is 3. The number of imide groups is 1. The summed E-state index contributed by atoms with van der Waals surface area (Å²) in [5.41, 5.74) is 0.449. The van der Waals surface area contributed by atoms with E-state index >= 15 is 0 Å². The van der Waals surface area contributed by atoms with Crippen molar-refractivity contribution in [2.45, 2.75) is 46.3 Å². The number of amides is 3. The number of carbonyl (C=O) groups excluding carboxylic acids is 3. The van der Waals surface area contributed by atoms with Gasteiger partial charge in [0.2, 0.25) is 0 Å². The Morgan fingerprint density at radius 3 is 1.97 bits per heavy atom. The summed E-state index contributed by atoms with van der Waals surface area (Å²) in [7, 11) is 0. The van der Waals surface area contributed by atoms with Gasteiger partial charge in [0.25, 0.3) is 11.8 Å². The van der Waals surface area contributed by atoms with E-state index in [2.05, 4.69) is 18.7 Å². The third kappa shape index (κ3) is 4.61. The molecule has 0 N–H and O–H groups in total. The number of nitrogens with zero attached hydrogens (tertiary/aromatic N) is 3. The van der Waals surface area contributed by atoms with Crippen molar-refractivity contribution in [1.29, 1.82) is 0 Å². The maximum atomic E-state index is 12.7. The Labute approximate surface area is 172 Å². The van der Waals surface area contributed by atoms with Crippen molar-refractivity contribution >= 4 is 17.9 Å². The molecule has 29 heavy (non-hydrogen) atoms. The predicted octanol–water partition coefficient (Wildman–Crippen LogP) is 2.86. The highest BCUT2D eigenvalue weighted by Crippen LogP contribution is 2.25. The fraction of sp³-hybridized carbons (Fsp3) is 0.591. The molecule has 0 spiro atoms. The summed E-state index contributed by atoms with van der Waals surface area (Å²) in [5.74, 6) is -0.181. The van der Waals surface area contributed by atoms with E-state index in [0.29, 0.717) is 43.9 Å². The van der Waals surface area contributed by atoms with E-state index in [1.165, 1.54) is 4.90 Å². The second kappa shape index (κ2) is 8.14. The lowest BCUT2D eigenvalue weighted by atomic mass is 10.0. The van der Waals surface area contributed by atoms with Crippen molar-refractivity contribution in [2.24, 2.45) is 5.92 Å². The Morgan fingerprint density at radius 2 is 1.52 bits per heavy atom. The Balaban J connectivity index is 1.64. The zero-order valence-corrected chi connectivity index (χ0v) is 18.0. The van der Waals surface area contributed by atoms with Crippen molar-refractivity contribution in [3.8, 4) is 0 Å². The Kier molecular flexibility index (Phi) is 5.98. The van der Waals surface area contributed by atoms with Gasteiger partial charge in [-0.2, -0.15) is 0 Å². The summed E-state index contributed by atoms with van der Waals surface area (Å²) >= 11 is 0. The molecule has 1 saturated heterocycles. The fourth-order valence-corrected chi connectivity index (χ4v) is 3.90. The molecule has 1 aromatic carbocycles. The molecule has 0 bridgehead atoms. The maximum absolute atomic E-state index is 12.7. The van der Waals surface area contributed by atoms with Gasteiger partial charge in [-0.1, -0.05) is 26.0 Å². The highest BCUT2D eigenvalue weighted by atomic mass is 16.6. The van der Waals surface area contributed by atoms with E-state index in [0.717, 1.165) is 0 Å². The molecule has 2 aliphatic heterocycles. The van der Waals surface area contributed by atoms with Crippen LogP contribution in [0.2, 0.25) is 0 Å². The quantitative estimate of drug-likeness (QED) is 0.726. The van der Waals surface area contributed by atoms with Crippen LogP contribution in [-0.4, -0.2) is 77.0 Å². The zero-order valence-electron chi connectivity index (χ0n) is 18.0. The number of piperazine rings is 1. The number of benzene rings is 1. The number of hydrogen-bond acceptors (Lipinski definition) is 5. The van der Waals surface area contributed by atoms with Crippen LogP contribution in [0, 0.1) is 5.92 Å². The molecular formula is C22H31N3O4. The first-order chi connectivity index (χ1) is 13.6. The molecule has 3 amide bonds. The van der Waals surface area contributed by atoms with Gasteiger partial charge in [-0.15, -0.1) is 0 Å². The number of rotatable bonds is 4. The molecule has 1 fully saturated rings. The first-order valence-electron chi connectivity index (χ1n) is 10.3. The van der Waals surface area contributed by atoms with Crippen molar-refractivity contribution in [2.75, 3.05) is 32.7 Å². The Bertz CT molecular complexity index is 756. The molecule has 7 nitrogen and oxygen atoms in total. The molecule has 1 unspecified atom stereocenters. The first kappa shape index (κ1) is 21.3. The second-order valence-electron chi connectivity index (χ2n) is 9.08. The van der Waals surface area contributed by atoms with Gasteiger partial charge in [-0.05, 0) is 38.8 Å². The summed E-state index contributed by atoms with van der Waals surface area (Å²) in [5, 5.41) is 0. The van der Waals surface area contributed by atoms with Crippen molar-refractivity contribution in [3.05, 3.63) is 35.4 Å². The van der Waals surface area contributed by atoms with E-state index in [-0.39, 0.29) is 29.9 Å². The molecule has 1 atom stereocenters. The summed E-state index contributed by atoms with van der Waals surface area (Å²) in [6.45, 7) is 12.6. The zero-order chi connectivity index (χ0) is 21.3. The highest BCUT2D eigenvalue weighted by Gasteiger charge is 2.39. The standard InChI is InChI=1S/C22H31N3O4/c1-15(2)18(14-25-19(26)16-8-6-7-9-17(16)20(25)27)23-10-12-24(13-11-23)21(28)29-22(3,4)5/h6-9,15,18H,10-14H2,1-5H3. The lowest BCUT2D eigenvalue weighted by Gasteiger charge is -2.42. The van der Waals surface area contributed by atoms with Crippen LogP contribution in [-0.2, 0) is 4.74 Å². The minimum atomic E-state index is -0.514. The molecule has 158 valence electrons. The van der Waals surface area contributed by atoms with Crippen LogP contribution >= 0.6 is 0 Å². The Morgan fingerprint density at radius 1 is 1.00 bits per heavy atom. The third-order valence-corrected chi connectivity index (χ3v) is 5.45. The maximum Gasteiger partial charge on any atom is 0.410 e. The first-order valence-corrected chi connectivity index (χ1v) is 10.3. The monoisotopic (exact) mass is 401 g/mol. The van der Waals surface area contributed by atoms with E-state index in [1.54, 1.807) is 29.2 Å². The molecule has 0 aromatic heterocycles. The van der Waals surface area contributed by atoms with E-state index in [1.807, 2.05) is 20.8 Å². The molecule has 1 aromatic rings. The van der Waals surface area contributed by atoms with Crippen LogP contribution in [0.1, 0.15) is 55.3 Å². The summed E-state index contributed by atoms with van der Waals surface area (Å²) in [4.78, 5) is 43.1. The van der Waals surface area contributed by atoms with Gasteiger partial charge in [0.1, 0.15) is 5.60 Å². The summed E-state index contributed by atoms with van der Waals surface area (Å²) in [6, 6.07) is 7.02. The summed E-state index contributed by atoms with van der Waals surface area (Å²) < 4.78 is 5.46. The minimum absolute atomic E-state index is 0.0398. The number of fused-ring (bicyclic) bond motifs is 1. The molecule has 7 heteroatoms. The van der Waals surface area contributed by atoms with E-state index < -0.39 is 5.60 Å². The molecular weight excluding hydrogens is 370 g/mol. The van der Waals surface area contributed by atoms with Crippen molar-refractivity contribution in [3.63, 3.8) is 0 Å². The highest BCUT2D eigenvalue weighted by molar-refractivity contribution is 6.21. The van der Waals surface area contributed by atoms with Gasteiger partial charge in [0, 0.05) is 38.8 Å². The van der Waals surface area contributed by atoms with E-state index in [9.17, 15) is 14.4 Å². The van der Waals surface area contributed by atoms with Crippen LogP contribution in [0.15, 0.2) is 24.3 Å². The molecule has 2 heterocycles.